The zero-order valence-electron chi connectivity index (χ0n) is 14.8. The summed E-state index contributed by atoms with van der Waals surface area (Å²) >= 11 is 7.20. The number of nitrogens with zero attached hydrogens (tertiary/aromatic N) is 3. The number of rotatable bonds is 3. The van der Waals surface area contributed by atoms with Gasteiger partial charge in [-0.25, -0.2) is 0 Å². The normalized spacial score (nSPS) is 18.6. The molecule has 3 heterocycles. The van der Waals surface area contributed by atoms with Crippen LogP contribution in [-0.4, -0.2) is 34.0 Å². The number of hydrogen-bond donors (Lipinski definition) is 0. The highest BCUT2D eigenvalue weighted by Gasteiger charge is 2.27. The van der Waals surface area contributed by atoms with E-state index in [0.717, 1.165) is 31.1 Å². The third kappa shape index (κ3) is 3.83. The number of halogens is 1. The molecule has 144 valence electrons. The number of benzene rings is 1. The molecule has 0 N–H and O–H groups in total. The van der Waals surface area contributed by atoms with E-state index in [1.807, 2.05) is 0 Å². The minimum Gasteiger partial charge on any atom is -0.456 e. The number of furan rings is 1. The van der Waals surface area contributed by atoms with Crippen molar-refractivity contribution in [2.24, 2.45) is 4.99 Å². The lowest BCUT2D eigenvalue weighted by Gasteiger charge is -2.27. The average Bonchev–Trinajstić information content (AvgIpc) is 3.30. The number of hydrogen-bond acceptors (Lipinski definition) is 6. The SMILES string of the molecule is O=C1N=C(N2CCCCC2)S/C1=C\c1ccc(-c2ccc(Cl)cc2[N+](=O)[O-])o1. The van der Waals surface area contributed by atoms with Crippen LogP contribution in [0.3, 0.4) is 0 Å². The quantitative estimate of drug-likeness (QED) is 0.398. The van der Waals surface area contributed by atoms with Crippen LogP contribution in [0.2, 0.25) is 5.02 Å². The van der Waals surface area contributed by atoms with Gasteiger partial charge in [0.25, 0.3) is 11.6 Å². The monoisotopic (exact) mass is 417 g/mol. The van der Waals surface area contributed by atoms with Crippen molar-refractivity contribution in [3.8, 4) is 11.3 Å². The van der Waals surface area contributed by atoms with Crippen LogP contribution in [0.25, 0.3) is 17.4 Å². The Kier molecular flexibility index (Phi) is 5.23. The number of nitro benzene ring substituents is 1. The fraction of sp³-hybridized carbons (Fsp3) is 0.263. The predicted molar refractivity (Wildman–Crippen MR) is 109 cm³/mol. The molecule has 28 heavy (non-hydrogen) atoms. The largest absolute Gasteiger partial charge is 0.456 e. The molecule has 0 spiro atoms. The highest BCUT2D eigenvalue weighted by Crippen LogP contribution is 2.35. The summed E-state index contributed by atoms with van der Waals surface area (Å²) in [6.07, 6.45) is 5.04. The third-order valence-corrected chi connectivity index (χ3v) is 5.84. The van der Waals surface area contributed by atoms with Crippen molar-refractivity contribution in [1.82, 2.24) is 4.90 Å². The van der Waals surface area contributed by atoms with Gasteiger partial charge in [0.1, 0.15) is 11.5 Å². The van der Waals surface area contributed by atoms with E-state index >= 15 is 0 Å². The number of amides is 1. The molecule has 1 fully saturated rings. The summed E-state index contributed by atoms with van der Waals surface area (Å²) in [4.78, 5) is 29.8. The molecule has 1 aromatic heterocycles. The third-order valence-electron chi connectivity index (χ3n) is 4.56. The van der Waals surface area contributed by atoms with Crippen LogP contribution in [0.4, 0.5) is 5.69 Å². The average molecular weight is 418 g/mol. The maximum atomic E-state index is 12.2. The van der Waals surface area contributed by atoms with Gasteiger partial charge in [0, 0.05) is 30.3 Å². The lowest BCUT2D eigenvalue weighted by Crippen LogP contribution is -2.33. The summed E-state index contributed by atoms with van der Waals surface area (Å²) in [6.45, 7) is 1.83. The van der Waals surface area contributed by atoms with Crippen LogP contribution in [0.1, 0.15) is 25.0 Å². The van der Waals surface area contributed by atoms with E-state index in [1.54, 1.807) is 30.3 Å². The smallest absolute Gasteiger partial charge is 0.286 e. The minimum absolute atomic E-state index is 0.136. The Hall–Kier alpha value is -2.58. The zero-order valence-corrected chi connectivity index (χ0v) is 16.3. The molecule has 1 amide bonds. The minimum atomic E-state index is -0.503. The molecule has 0 aliphatic carbocycles. The van der Waals surface area contributed by atoms with Crippen LogP contribution in [0.15, 0.2) is 44.6 Å². The van der Waals surface area contributed by atoms with Crippen LogP contribution in [-0.2, 0) is 4.79 Å². The van der Waals surface area contributed by atoms with Gasteiger partial charge in [0.05, 0.1) is 15.4 Å². The van der Waals surface area contributed by atoms with Crippen molar-refractivity contribution in [3.05, 3.63) is 56.1 Å². The number of aliphatic imine (C=N–C) groups is 1. The van der Waals surface area contributed by atoms with Gasteiger partial charge in [-0.05, 0) is 55.3 Å². The van der Waals surface area contributed by atoms with Crippen LogP contribution in [0.5, 0.6) is 0 Å². The Morgan fingerprint density at radius 1 is 1.21 bits per heavy atom. The van der Waals surface area contributed by atoms with E-state index in [-0.39, 0.29) is 16.6 Å². The first kappa shape index (κ1) is 18.8. The Balaban J connectivity index is 1.56. The maximum Gasteiger partial charge on any atom is 0.286 e. The summed E-state index contributed by atoms with van der Waals surface area (Å²) in [5, 5.41) is 12.3. The first-order valence-corrected chi connectivity index (χ1v) is 10.0. The Morgan fingerprint density at radius 2 is 2.00 bits per heavy atom. The fourth-order valence-corrected chi connectivity index (χ4v) is 4.30. The van der Waals surface area contributed by atoms with Crippen molar-refractivity contribution < 1.29 is 14.1 Å². The van der Waals surface area contributed by atoms with E-state index in [0.29, 0.717) is 22.0 Å². The van der Waals surface area contributed by atoms with E-state index < -0.39 is 4.92 Å². The maximum absolute atomic E-state index is 12.2. The van der Waals surface area contributed by atoms with Gasteiger partial charge in [-0.3, -0.25) is 14.9 Å². The van der Waals surface area contributed by atoms with Crippen molar-refractivity contribution in [1.29, 1.82) is 0 Å². The molecule has 4 rings (SSSR count). The topological polar surface area (TPSA) is 89.0 Å². The van der Waals surface area contributed by atoms with Crippen LogP contribution in [0, 0.1) is 10.1 Å². The highest BCUT2D eigenvalue weighted by molar-refractivity contribution is 8.18. The molecule has 2 aliphatic heterocycles. The predicted octanol–water partition coefficient (Wildman–Crippen LogP) is 4.96. The van der Waals surface area contributed by atoms with Gasteiger partial charge in [-0.1, -0.05) is 11.6 Å². The molecule has 7 nitrogen and oxygen atoms in total. The van der Waals surface area contributed by atoms with Gasteiger partial charge in [0.15, 0.2) is 5.17 Å². The number of piperidine rings is 1. The molecule has 1 aromatic carbocycles. The molecule has 1 saturated heterocycles. The van der Waals surface area contributed by atoms with Gasteiger partial charge in [-0.2, -0.15) is 4.99 Å². The second-order valence-electron chi connectivity index (χ2n) is 6.48. The molecule has 0 bridgehead atoms. The summed E-state index contributed by atoms with van der Waals surface area (Å²) < 4.78 is 5.74. The van der Waals surface area contributed by atoms with Crippen LogP contribution >= 0.6 is 23.4 Å². The van der Waals surface area contributed by atoms with Gasteiger partial charge < -0.3 is 9.32 Å². The van der Waals surface area contributed by atoms with Crippen molar-refractivity contribution in [2.45, 2.75) is 19.3 Å². The molecule has 2 aromatic rings. The van der Waals surface area contributed by atoms with Gasteiger partial charge >= 0.3 is 0 Å². The molecule has 2 aliphatic rings. The van der Waals surface area contributed by atoms with Crippen LogP contribution < -0.4 is 0 Å². The summed E-state index contributed by atoms with van der Waals surface area (Å²) in [7, 11) is 0. The Morgan fingerprint density at radius 3 is 2.75 bits per heavy atom. The van der Waals surface area contributed by atoms with E-state index in [2.05, 4.69) is 9.89 Å². The molecule has 0 saturated carbocycles. The highest BCUT2D eigenvalue weighted by atomic mass is 35.5. The van der Waals surface area contributed by atoms with Crippen molar-refractivity contribution in [3.63, 3.8) is 0 Å². The second-order valence-corrected chi connectivity index (χ2v) is 7.92. The molecular weight excluding hydrogens is 402 g/mol. The Labute approximate surface area is 170 Å². The summed E-state index contributed by atoms with van der Waals surface area (Å²) in [6, 6.07) is 7.71. The van der Waals surface area contributed by atoms with E-state index in [1.165, 1.54) is 24.2 Å². The van der Waals surface area contributed by atoms with Crippen molar-refractivity contribution >= 4 is 46.2 Å². The van der Waals surface area contributed by atoms with Crippen molar-refractivity contribution in [2.75, 3.05) is 13.1 Å². The lowest BCUT2D eigenvalue weighted by atomic mass is 10.1. The molecule has 0 unspecified atom stereocenters. The number of likely N-dealkylation sites (tertiary alicyclic amines) is 1. The number of nitro groups is 1. The first-order valence-electron chi connectivity index (χ1n) is 8.83. The number of carbonyl (C=O) groups excluding carboxylic acids is 1. The number of carbonyl (C=O) groups is 1. The van der Waals surface area contributed by atoms with Gasteiger partial charge in [0.2, 0.25) is 0 Å². The first-order chi connectivity index (χ1) is 13.5. The Bertz CT molecular complexity index is 1010. The summed E-state index contributed by atoms with van der Waals surface area (Å²) in [5.74, 6) is 0.481. The van der Waals surface area contributed by atoms with E-state index in [4.69, 9.17) is 16.0 Å². The summed E-state index contributed by atoms with van der Waals surface area (Å²) in [5.41, 5.74) is 0.192. The standard InChI is InChI=1S/C19H16ClN3O4S/c20-12-4-6-14(15(10-12)23(25)26)16-7-5-13(27-16)11-17-18(24)21-19(28-17)22-8-2-1-3-9-22/h4-7,10-11H,1-3,8-9H2/b17-11-. The number of amidine groups is 1. The van der Waals surface area contributed by atoms with Gasteiger partial charge in [-0.15, -0.1) is 0 Å². The second kappa shape index (κ2) is 7.81. The molecule has 0 atom stereocenters. The molecule has 9 heteroatoms. The zero-order chi connectivity index (χ0) is 19.7. The molecule has 0 radical (unpaired) electrons. The number of thioether (sulfide) groups is 1. The fourth-order valence-electron chi connectivity index (χ4n) is 3.19. The molecular formula is C19H16ClN3O4S. The van der Waals surface area contributed by atoms with E-state index in [9.17, 15) is 14.9 Å². The lowest BCUT2D eigenvalue weighted by molar-refractivity contribution is -0.384.